The van der Waals surface area contributed by atoms with Crippen molar-refractivity contribution in [1.82, 2.24) is 24.7 Å². The van der Waals surface area contributed by atoms with Gasteiger partial charge in [0.2, 0.25) is 0 Å². The number of nitrogens with one attached hydrogen (secondary N) is 1. The van der Waals surface area contributed by atoms with Crippen molar-refractivity contribution in [3.8, 4) is 5.75 Å². The summed E-state index contributed by atoms with van der Waals surface area (Å²) in [5, 5.41) is 7.14. The van der Waals surface area contributed by atoms with Crippen molar-refractivity contribution in [2.24, 2.45) is 18.7 Å². The number of benzene rings is 1. The molecule has 2 aliphatic rings. The Morgan fingerprint density at radius 1 is 1.26 bits per heavy atom. The van der Waals surface area contributed by atoms with Crippen LogP contribution in [0.3, 0.4) is 0 Å². The Balaban J connectivity index is 1.13. The molecule has 12 heteroatoms. The Bertz CT molecular complexity index is 1390. The molecule has 0 atom stereocenters. The number of nitrogens with zero attached hydrogens (tertiary/aromatic N) is 6. The van der Waals surface area contributed by atoms with Crippen molar-refractivity contribution in [2.75, 3.05) is 43.1 Å². The van der Waals surface area contributed by atoms with E-state index in [-0.39, 0.29) is 11.6 Å². The van der Waals surface area contributed by atoms with E-state index in [1.165, 1.54) is 0 Å². The van der Waals surface area contributed by atoms with E-state index in [1.807, 2.05) is 23.1 Å². The van der Waals surface area contributed by atoms with Crippen LogP contribution in [0.4, 0.5) is 17.5 Å². The summed E-state index contributed by atoms with van der Waals surface area (Å²) in [7, 11) is 1.80. The molecule has 3 aromatic heterocycles. The van der Waals surface area contributed by atoms with E-state index in [2.05, 4.69) is 25.4 Å². The number of hydrogen-bond acceptors (Lipinski definition) is 10. The Morgan fingerprint density at radius 2 is 2.11 bits per heavy atom. The van der Waals surface area contributed by atoms with Crippen LogP contribution in [0.15, 0.2) is 41.2 Å². The normalized spacial score (nSPS) is 16.2. The lowest BCUT2D eigenvalue weighted by molar-refractivity contribution is -0.0508. The first-order valence-corrected chi connectivity index (χ1v) is 11.3. The highest BCUT2D eigenvalue weighted by atomic mass is 16.5. The van der Waals surface area contributed by atoms with Gasteiger partial charge >= 0.3 is 0 Å². The third kappa shape index (κ3) is 4.23. The van der Waals surface area contributed by atoms with Gasteiger partial charge in [0, 0.05) is 44.2 Å². The molecule has 4 aromatic rings. The Hall–Kier alpha value is -4.19. The van der Waals surface area contributed by atoms with Gasteiger partial charge in [0.1, 0.15) is 11.3 Å². The van der Waals surface area contributed by atoms with Gasteiger partial charge in [-0.25, -0.2) is 9.97 Å². The molecule has 2 aliphatic heterocycles. The molecule has 0 saturated carbocycles. The third-order valence-electron chi connectivity index (χ3n) is 6.10. The highest BCUT2D eigenvalue weighted by molar-refractivity contribution is 5.96. The summed E-state index contributed by atoms with van der Waals surface area (Å²) in [5.41, 5.74) is 8.48. The number of carbonyl (C=O) groups excluding carboxylic acids is 1. The lowest BCUT2D eigenvalue weighted by atomic mass is 9.97. The summed E-state index contributed by atoms with van der Waals surface area (Å²) < 4.78 is 18.6. The number of primary amides is 1. The van der Waals surface area contributed by atoms with Crippen LogP contribution in [0.25, 0.3) is 11.1 Å². The van der Waals surface area contributed by atoms with E-state index in [9.17, 15) is 4.79 Å². The van der Waals surface area contributed by atoms with Crippen LogP contribution in [-0.4, -0.2) is 63.5 Å². The molecular formula is C23H24N8O4. The number of fused-ring (bicyclic) bond motifs is 1. The van der Waals surface area contributed by atoms with E-state index in [0.717, 1.165) is 24.5 Å². The molecule has 180 valence electrons. The van der Waals surface area contributed by atoms with Crippen molar-refractivity contribution in [2.45, 2.75) is 5.92 Å². The smallest absolute Gasteiger partial charge is 0.298 e. The van der Waals surface area contributed by atoms with Crippen molar-refractivity contribution >= 4 is 34.5 Å². The number of nitrogens with two attached hydrogens (primary N) is 1. The Kier molecular flexibility index (Phi) is 5.21. The second-order valence-corrected chi connectivity index (χ2v) is 8.83. The number of oxazole rings is 1. The van der Waals surface area contributed by atoms with E-state index in [1.54, 1.807) is 30.3 Å². The van der Waals surface area contributed by atoms with Gasteiger partial charge in [0.05, 0.1) is 43.6 Å². The second kappa shape index (κ2) is 8.55. The highest BCUT2D eigenvalue weighted by Crippen LogP contribution is 2.33. The largest absolute Gasteiger partial charge is 0.493 e. The number of rotatable bonds is 8. The van der Waals surface area contributed by atoms with Crippen molar-refractivity contribution in [3.63, 3.8) is 0 Å². The topological polar surface area (TPSA) is 146 Å². The van der Waals surface area contributed by atoms with Crippen molar-refractivity contribution < 1.29 is 18.7 Å². The first-order valence-electron chi connectivity index (χ1n) is 11.3. The standard InChI is InChI=1S/C23H24N8O4/c1-30-9-15(5-26-30)27-22-20(21(24)32)28-18(6-25-22)14-7-31(8-14)23-29-17-3-2-16(4-19(17)35-23)34-12-13-10-33-11-13/h2-6,9,13-14H,7-8,10-12H2,1H3,(H2,24,32)(H,25,27). The van der Waals surface area contributed by atoms with Gasteiger partial charge in [0.25, 0.3) is 11.9 Å². The van der Waals surface area contributed by atoms with Crippen LogP contribution in [0, 0.1) is 5.92 Å². The fourth-order valence-corrected chi connectivity index (χ4v) is 4.02. The van der Waals surface area contributed by atoms with E-state index in [4.69, 9.17) is 19.6 Å². The molecule has 0 radical (unpaired) electrons. The molecule has 0 spiro atoms. The van der Waals surface area contributed by atoms with Gasteiger partial charge in [-0.1, -0.05) is 0 Å². The predicted molar refractivity (Wildman–Crippen MR) is 126 cm³/mol. The fourth-order valence-electron chi connectivity index (χ4n) is 4.02. The summed E-state index contributed by atoms with van der Waals surface area (Å²) in [4.78, 5) is 27.5. The molecule has 0 bridgehead atoms. The SMILES string of the molecule is Cn1cc(Nc2ncc(C3CN(c4nc5ccc(OCC6COC6)cc5o4)C3)nc2C(N)=O)cn1. The number of carbonyl (C=O) groups is 1. The van der Waals surface area contributed by atoms with E-state index < -0.39 is 5.91 Å². The van der Waals surface area contributed by atoms with Crippen LogP contribution >= 0.6 is 0 Å². The molecule has 0 aliphatic carbocycles. The minimum Gasteiger partial charge on any atom is -0.493 e. The molecule has 1 aromatic carbocycles. The fraction of sp³-hybridized carbons (Fsp3) is 0.348. The molecule has 5 heterocycles. The monoisotopic (exact) mass is 476 g/mol. The maximum atomic E-state index is 12.0. The average Bonchev–Trinajstić information content (AvgIpc) is 3.37. The minimum absolute atomic E-state index is 0.0756. The molecule has 2 fully saturated rings. The molecule has 12 nitrogen and oxygen atoms in total. The highest BCUT2D eigenvalue weighted by Gasteiger charge is 2.33. The summed E-state index contributed by atoms with van der Waals surface area (Å²) >= 11 is 0. The number of anilines is 3. The first-order chi connectivity index (χ1) is 17.0. The summed E-state index contributed by atoms with van der Waals surface area (Å²) in [6.07, 6.45) is 5.06. The quantitative estimate of drug-likeness (QED) is 0.386. The van der Waals surface area contributed by atoms with Gasteiger partial charge in [-0.15, -0.1) is 0 Å². The van der Waals surface area contributed by atoms with Crippen molar-refractivity contribution in [1.29, 1.82) is 0 Å². The zero-order valence-electron chi connectivity index (χ0n) is 19.0. The molecule has 6 rings (SSSR count). The minimum atomic E-state index is -0.649. The average molecular weight is 476 g/mol. The number of hydrogen-bond donors (Lipinski definition) is 2. The molecule has 35 heavy (non-hydrogen) atoms. The predicted octanol–water partition coefficient (Wildman–Crippen LogP) is 1.82. The molecule has 2 saturated heterocycles. The van der Waals surface area contributed by atoms with Crippen LogP contribution in [-0.2, 0) is 11.8 Å². The number of aromatic nitrogens is 5. The maximum absolute atomic E-state index is 12.0. The van der Waals surface area contributed by atoms with Crippen LogP contribution in [0.1, 0.15) is 22.1 Å². The van der Waals surface area contributed by atoms with Crippen LogP contribution in [0.2, 0.25) is 0 Å². The van der Waals surface area contributed by atoms with Crippen LogP contribution < -0.4 is 20.7 Å². The van der Waals surface area contributed by atoms with Gasteiger partial charge in [0.15, 0.2) is 17.1 Å². The number of amides is 1. The Morgan fingerprint density at radius 3 is 2.83 bits per heavy atom. The van der Waals surface area contributed by atoms with E-state index in [0.29, 0.717) is 54.4 Å². The maximum Gasteiger partial charge on any atom is 0.298 e. The van der Waals surface area contributed by atoms with Gasteiger partial charge in [-0.3, -0.25) is 9.48 Å². The van der Waals surface area contributed by atoms with Crippen LogP contribution in [0.5, 0.6) is 5.75 Å². The molecule has 1 amide bonds. The second-order valence-electron chi connectivity index (χ2n) is 8.83. The van der Waals surface area contributed by atoms with E-state index >= 15 is 0 Å². The number of ether oxygens (including phenoxy) is 2. The number of aryl methyl sites for hydroxylation is 1. The van der Waals surface area contributed by atoms with Gasteiger partial charge in [-0.2, -0.15) is 10.1 Å². The first kappa shape index (κ1) is 21.4. The van der Waals surface area contributed by atoms with Crippen molar-refractivity contribution in [3.05, 3.63) is 48.2 Å². The molecule has 0 unspecified atom stereocenters. The zero-order chi connectivity index (χ0) is 23.9. The summed E-state index contributed by atoms with van der Waals surface area (Å²) in [6.45, 7) is 3.41. The lowest BCUT2D eigenvalue weighted by Gasteiger charge is -2.37. The molecule has 3 N–H and O–H groups in total. The summed E-state index contributed by atoms with van der Waals surface area (Å²) in [6, 6.07) is 6.19. The van der Waals surface area contributed by atoms with Gasteiger partial charge < -0.3 is 29.8 Å². The zero-order valence-corrected chi connectivity index (χ0v) is 19.0. The van der Waals surface area contributed by atoms with Gasteiger partial charge in [-0.05, 0) is 12.1 Å². The lowest BCUT2D eigenvalue weighted by Crippen LogP contribution is -2.45. The Labute approximate surface area is 200 Å². The third-order valence-corrected chi connectivity index (χ3v) is 6.10. The summed E-state index contributed by atoms with van der Waals surface area (Å²) in [5.74, 6) is 0.929. The molecular weight excluding hydrogens is 452 g/mol.